The average Bonchev–Trinajstić information content (AvgIpc) is 2.72. The van der Waals surface area contributed by atoms with E-state index in [0.29, 0.717) is 6.42 Å². The summed E-state index contributed by atoms with van der Waals surface area (Å²) in [7, 11) is 0. The average molecular weight is 341 g/mol. The minimum absolute atomic E-state index is 0.0421. The van der Waals surface area contributed by atoms with Gasteiger partial charge in [0.1, 0.15) is 11.7 Å². The normalized spacial score (nSPS) is 22.2. The predicted molar refractivity (Wildman–Crippen MR) is 103 cm³/mol. The highest BCUT2D eigenvalue weighted by Crippen LogP contribution is 2.40. The van der Waals surface area contributed by atoms with Crippen LogP contribution in [0.25, 0.3) is 0 Å². The number of carbonyl (C=O) groups is 2. The fourth-order valence-corrected chi connectivity index (χ4v) is 4.02. The molecule has 0 aliphatic heterocycles. The van der Waals surface area contributed by atoms with E-state index in [0.717, 1.165) is 28.0 Å². The summed E-state index contributed by atoms with van der Waals surface area (Å²) in [5.41, 5.74) is 4.85. The Morgan fingerprint density at radius 2 is 1.68 bits per heavy atom. The number of hydrogen-bond acceptors (Lipinski definition) is 3. The maximum absolute atomic E-state index is 13.1. The van der Waals surface area contributed by atoms with Crippen LogP contribution in [0.3, 0.4) is 0 Å². The minimum atomic E-state index is -0.615. The Morgan fingerprint density at radius 3 is 2.16 bits per heavy atom. The van der Waals surface area contributed by atoms with Crippen LogP contribution in [0.4, 0.5) is 0 Å². The molecule has 1 saturated carbocycles. The molecule has 3 heteroatoms. The third-order valence-corrected chi connectivity index (χ3v) is 5.11. The molecule has 0 heterocycles. The Kier molecular flexibility index (Phi) is 5.27. The second kappa shape index (κ2) is 6.78. The van der Waals surface area contributed by atoms with Gasteiger partial charge < -0.3 is 5.32 Å². The predicted octanol–water partition coefficient (Wildman–Crippen LogP) is 4.39. The van der Waals surface area contributed by atoms with Gasteiger partial charge in [0.15, 0.2) is 5.78 Å². The first-order chi connectivity index (χ1) is 11.4. The third-order valence-electron chi connectivity index (χ3n) is 5.11. The zero-order valence-electron chi connectivity index (χ0n) is 16.6. The van der Waals surface area contributed by atoms with E-state index in [1.165, 1.54) is 0 Å². The summed E-state index contributed by atoms with van der Waals surface area (Å²) in [5.74, 6) is -0.882. The van der Waals surface area contributed by atoms with Crippen LogP contribution >= 0.6 is 0 Å². The van der Waals surface area contributed by atoms with Crippen molar-refractivity contribution in [2.75, 3.05) is 0 Å². The van der Waals surface area contributed by atoms with Crippen LogP contribution in [0.5, 0.6) is 0 Å². The van der Waals surface area contributed by atoms with Crippen LogP contribution in [-0.4, -0.2) is 17.1 Å². The summed E-state index contributed by atoms with van der Waals surface area (Å²) in [6, 6.07) is 4.11. The lowest BCUT2D eigenvalue weighted by Crippen LogP contribution is -2.38. The number of hydrogen-bond donors (Lipinski definition) is 1. The van der Waals surface area contributed by atoms with Crippen molar-refractivity contribution in [3.63, 3.8) is 0 Å². The van der Waals surface area contributed by atoms with Crippen molar-refractivity contribution in [3.05, 3.63) is 46.7 Å². The Morgan fingerprint density at radius 1 is 1.16 bits per heavy atom. The molecule has 3 nitrogen and oxygen atoms in total. The number of aryl methyl sites for hydroxylation is 3. The topological polar surface area (TPSA) is 46.2 Å². The van der Waals surface area contributed by atoms with Crippen molar-refractivity contribution in [2.24, 2.45) is 11.8 Å². The van der Waals surface area contributed by atoms with E-state index in [1.54, 1.807) is 0 Å². The molecule has 0 radical (unpaired) electrons. The number of benzene rings is 1. The van der Waals surface area contributed by atoms with Crippen molar-refractivity contribution in [2.45, 2.75) is 66.3 Å². The van der Waals surface area contributed by atoms with Gasteiger partial charge in [0.2, 0.25) is 0 Å². The van der Waals surface area contributed by atoms with Gasteiger partial charge in [-0.3, -0.25) is 9.59 Å². The highest BCUT2D eigenvalue weighted by Gasteiger charge is 2.45. The van der Waals surface area contributed by atoms with Crippen LogP contribution in [0.1, 0.15) is 62.3 Å². The molecule has 0 bridgehead atoms. The SMILES string of the molecule is C=C(NC(C)(C)C)C(C)C1CC(=O)C(c2c(C)cc(C)cc2C)C1=O. The molecule has 2 rings (SSSR count). The van der Waals surface area contributed by atoms with Crippen LogP contribution in [-0.2, 0) is 9.59 Å². The van der Waals surface area contributed by atoms with Crippen molar-refractivity contribution in [3.8, 4) is 0 Å². The van der Waals surface area contributed by atoms with Gasteiger partial charge in [-0.15, -0.1) is 0 Å². The maximum Gasteiger partial charge on any atom is 0.151 e. The number of carbonyl (C=O) groups excluding carboxylic acids is 2. The second-order valence-corrected chi connectivity index (χ2v) is 8.61. The lowest BCUT2D eigenvalue weighted by Gasteiger charge is -2.29. The molecular formula is C22H31NO2. The van der Waals surface area contributed by atoms with Crippen molar-refractivity contribution in [1.29, 1.82) is 0 Å². The Balaban J connectivity index is 2.31. The van der Waals surface area contributed by atoms with Gasteiger partial charge in [-0.05, 0) is 58.2 Å². The molecular weight excluding hydrogens is 310 g/mol. The molecule has 1 aromatic rings. The number of ketones is 2. The molecule has 0 saturated heterocycles. The summed E-state index contributed by atoms with van der Waals surface area (Å²) in [5, 5.41) is 3.36. The van der Waals surface area contributed by atoms with E-state index in [2.05, 4.69) is 44.8 Å². The smallest absolute Gasteiger partial charge is 0.151 e. The van der Waals surface area contributed by atoms with Gasteiger partial charge >= 0.3 is 0 Å². The summed E-state index contributed by atoms with van der Waals surface area (Å²) in [6.07, 6.45) is 0.308. The van der Waals surface area contributed by atoms with Gasteiger partial charge in [-0.1, -0.05) is 31.2 Å². The largest absolute Gasteiger partial charge is 0.384 e. The molecule has 3 atom stereocenters. The van der Waals surface area contributed by atoms with E-state index < -0.39 is 5.92 Å². The Labute approximate surface area is 151 Å². The number of allylic oxidation sites excluding steroid dienone is 1. The zero-order valence-corrected chi connectivity index (χ0v) is 16.6. The maximum atomic E-state index is 13.1. The molecule has 3 unspecified atom stereocenters. The Hall–Kier alpha value is -1.90. The fraction of sp³-hybridized carbons (Fsp3) is 0.545. The number of Topliss-reactive ketones (excluding diaryl/α,β-unsaturated/α-hetero) is 2. The minimum Gasteiger partial charge on any atom is -0.384 e. The first-order valence-corrected chi connectivity index (χ1v) is 9.03. The molecule has 1 fully saturated rings. The highest BCUT2D eigenvalue weighted by molar-refractivity contribution is 6.15. The molecule has 1 N–H and O–H groups in total. The summed E-state index contributed by atoms with van der Waals surface area (Å²) >= 11 is 0. The zero-order chi connectivity index (χ0) is 19.1. The molecule has 1 aromatic carbocycles. The van der Waals surface area contributed by atoms with Crippen LogP contribution in [0.15, 0.2) is 24.4 Å². The van der Waals surface area contributed by atoms with Crippen LogP contribution in [0, 0.1) is 32.6 Å². The fourth-order valence-electron chi connectivity index (χ4n) is 4.02. The van der Waals surface area contributed by atoms with Crippen molar-refractivity contribution < 1.29 is 9.59 Å². The van der Waals surface area contributed by atoms with Crippen LogP contribution in [0.2, 0.25) is 0 Å². The lowest BCUT2D eigenvalue weighted by molar-refractivity contribution is -0.125. The van der Waals surface area contributed by atoms with Gasteiger partial charge in [-0.2, -0.15) is 0 Å². The molecule has 25 heavy (non-hydrogen) atoms. The van der Waals surface area contributed by atoms with E-state index in [9.17, 15) is 9.59 Å². The van der Waals surface area contributed by atoms with E-state index >= 15 is 0 Å². The molecule has 0 aromatic heterocycles. The molecule has 0 spiro atoms. The highest BCUT2D eigenvalue weighted by atomic mass is 16.2. The van der Waals surface area contributed by atoms with Crippen molar-refractivity contribution >= 4 is 11.6 Å². The summed E-state index contributed by atoms with van der Waals surface area (Å²) in [4.78, 5) is 25.9. The summed E-state index contributed by atoms with van der Waals surface area (Å²) < 4.78 is 0. The molecule has 0 amide bonds. The monoisotopic (exact) mass is 341 g/mol. The second-order valence-electron chi connectivity index (χ2n) is 8.61. The first-order valence-electron chi connectivity index (χ1n) is 9.03. The van der Waals surface area contributed by atoms with Crippen molar-refractivity contribution in [1.82, 2.24) is 5.32 Å². The third kappa shape index (κ3) is 4.02. The van der Waals surface area contributed by atoms with E-state index in [-0.39, 0.29) is 28.9 Å². The lowest BCUT2D eigenvalue weighted by atomic mass is 9.83. The summed E-state index contributed by atoms with van der Waals surface area (Å²) in [6.45, 7) is 18.3. The Bertz CT molecular complexity index is 701. The van der Waals surface area contributed by atoms with Crippen LogP contribution < -0.4 is 5.32 Å². The van der Waals surface area contributed by atoms with E-state index in [1.807, 2.05) is 27.7 Å². The first kappa shape index (κ1) is 19.4. The van der Waals surface area contributed by atoms with Gasteiger partial charge in [0, 0.05) is 29.5 Å². The van der Waals surface area contributed by atoms with Gasteiger partial charge in [0.25, 0.3) is 0 Å². The number of rotatable bonds is 4. The van der Waals surface area contributed by atoms with Gasteiger partial charge in [0.05, 0.1) is 0 Å². The molecule has 1 aliphatic carbocycles. The van der Waals surface area contributed by atoms with Gasteiger partial charge in [-0.25, -0.2) is 0 Å². The quantitative estimate of drug-likeness (QED) is 0.826. The molecule has 1 aliphatic rings. The number of nitrogens with one attached hydrogen (secondary N) is 1. The standard InChI is InChI=1S/C22H31NO2/c1-12-9-13(2)19(14(3)10-12)20-18(24)11-17(21(20)25)15(4)16(5)23-22(6,7)8/h9-10,15,17,20,23H,5,11H2,1-4,6-8H3. The van der Waals surface area contributed by atoms with E-state index in [4.69, 9.17) is 0 Å². The molecule has 136 valence electrons.